The van der Waals surface area contributed by atoms with Crippen LogP contribution >= 0.6 is 11.6 Å². The van der Waals surface area contributed by atoms with Gasteiger partial charge in [-0.15, -0.1) is 6.58 Å². The van der Waals surface area contributed by atoms with E-state index < -0.39 is 5.97 Å². The van der Waals surface area contributed by atoms with Gasteiger partial charge in [0.2, 0.25) is 0 Å². The van der Waals surface area contributed by atoms with Crippen LogP contribution in [0.3, 0.4) is 0 Å². The average molecular weight is 278 g/mol. The number of rotatable bonds is 6. The molecule has 1 aromatic rings. The first-order chi connectivity index (χ1) is 9.13. The molecule has 1 aromatic carbocycles. The summed E-state index contributed by atoms with van der Waals surface area (Å²) in [6.45, 7) is 4.48. The van der Waals surface area contributed by atoms with Crippen LogP contribution in [0.5, 0.6) is 0 Å². The number of halogens is 1. The van der Waals surface area contributed by atoms with Gasteiger partial charge in [0.05, 0.1) is 10.7 Å². The molecular weight excluding hydrogens is 262 g/mol. The SMILES string of the molecule is C=CCN(c1c(Cl)cccc1/C=C/C(=O)O)C1CC1. The minimum absolute atomic E-state index is 0.481. The van der Waals surface area contributed by atoms with Crippen LogP contribution in [-0.2, 0) is 4.79 Å². The fourth-order valence-corrected chi connectivity index (χ4v) is 2.37. The molecule has 100 valence electrons. The lowest BCUT2D eigenvalue weighted by Gasteiger charge is -2.26. The van der Waals surface area contributed by atoms with Crippen molar-refractivity contribution >= 4 is 29.3 Å². The van der Waals surface area contributed by atoms with Crippen molar-refractivity contribution in [3.05, 3.63) is 47.5 Å². The molecule has 0 radical (unpaired) electrons. The standard InChI is InChI=1S/C15H16ClNO2/c1-2-10-17(12-7-8-12)15-11(6-9-14(18)19)4-3-5-13(15)16/h2-6,9,12H,1,7-8,10H2,(H,18,19)/b9-6+. The monoisotopic (exact) mass is 277 g/mol. The number of carboxylic acids is 1. The molecule has 19 heavy (non-hydrogen) atoms. The molecule has 4 heteroatoms. The van der Waals surface area contributed by atoms with Crippen LogP contribution in [0.4, 0.5) is 5.69 Å². The highest BCUT2D eigenvalue weighted by atomic mass is 35.5. The molecule has 2 rings (SSSR count). The van der Waals surface area contributed by atoms with Gasteiger partial charge >= 0.3 is 5.97 Å². The number of benzene rings is 1. The van der Waals surface area contributed by atoms with Crippen molar-refractivity contribution in [3.63, 3.8) is 0 Å². The van der Waals surface area contributed by atoms with E-state index in [1.807, 2.05) is 24.3 Å². The summed E-state index contributed by atoms with van der Waals surface area (Å²) in [4.78, 5) is 12.9. The predicted octanol–water partition coefficient (Wildman–Crippen LogP) is 3.59. The van der Waals surface area contributed by atoms with E-state index in [0.29, 0.717) is 17.6 Å². The number of nitrogens with zero attached hydrogens (tertiary/aromatic N) is 1. The topological polar surface area (TPSA) is 40.5 Å². The molecule has 0 aliphatic heterocycles. The Morgan fingerprint density at radius 2 is 2.26 bits per heavy atom. The fraction of sp³-hybridized carbons (Fsp3) is 0.267. The van der Waals surface area contributed by atoms with Crippen molar-refractivity contribution in [1.29, 1.82) is 0 Å². The van der Waals surface area contributed by atoms with Crippen LogP contribution in [0.2, 0.25) is 5.02 Å². The van der Waals surface area contributed by atoms with Crippen molar-refractivity contribution in [2.24, 2.45) is 0 Å². The van der Waals surface area contributed by atoms with Gasteiger partial charge in [0, 0.05) is 18.7 Å². The quantitative estimate of drug-likeness (QED) is 0.638. The molecule has 1 aliphatic rings. The van der Waals surface area contributed by atoms with Crippen LogP contribution in [0, 0.1) is 0 Å². The Balaban J connectivity index is 2.40. The molecule has 0 heterocycles. The van der Waals surface area contributed by atoms with Gasteiger partial charge in [0.15, 0.2) is 0 Å². The maximum absolute atomic E-state index is 10.7. The summed E-state index contributed by atoms with van der Waals surface area (Å²) in [6, 6.07) is 6.01. The Morgan fingerprint density at radius 1 is 1.53 bits per heavy atom. The van der Waals surface area contributed by atoms with E-state index >= 15 is 0 Å². The lowest BCUT2D eigenvalue weighted by Crippen LogP contribution is -2.26. The van der Waals surface area contributed by atoms with Gasteiger partial charge in [0.25, 0.3) is 0 Å². The zero-order valence-electron chi connectivity index (χ0n) is 10.6. The zero-order chi connectivity index (χ0) is 13.8. The highest BCUT2D eigenvalue weighted by Crippen LogP contribution is 2.38. The van der Waals surface area contributed by atoms with Crippen molar-refractivity contribution in [2.45, 2.75) is 18.9 Å². The Hall–Kier alpha value is -1.74. The molecule has 1 saturated carbocycles. The molecule has 0 aromatic heterocycles. The third-order valence-corrected chi connectivity index (χ3v) is 3.33. The second-order valence-corrected chi connectivity index (χ2v) is 4.93. The van der Waals surface area contributed by atoms with Crippen LogP contribution in [0.15, 0.2) is 36.9 Å². The number of para-hydroxylation sites is 1. The molecule has 1 aliphatic carbocycles. The molecule has 0 bridgehead atoms. The second-order valence-electron chi connectivity index (χ2n) is 4.52. The van der Waals surface area contributed by atoms with E-state index in [-0.39, 0.29) is 0 Å². The first-order valence-electron chi connectivity index (χ1n) is 6.20. The molecule has 0 saturated heterocycles. The lowest BCUT2D eigenvalue weighted by molar-refractivity contribution is -0.131. The van der Waals surface area contributed by atoms with Crippen LogP contribution in [0.25, 0.3) is 6.08 Å². The molecule has 3 nitrogen and oxygen atoms in total. The summed E-state index contributed by atoms with van der Waals surface area (Å²) in [6.07, 6.45) is 6.84. The Labute approximate surface area is 117 Å². The van der Waals surface area contributed by atoms with Crippen LogP contribution < -0.4 is 4.90 Å². The molecule has 0 spiro atoms. The van der Waals surface area contributed by atoms with E-state index in [0.717, 1.165) is 30.2 Å². The molecule has 1 fully saturated rings. The van der Waals surface area contributed by atoms with Crippen molar-refractivity contribution in [2.75, 3.05) is 11.4 Å². The highest BCUT2D eigenvalue weighted by molar-refractivity contribution is 6.33. The number of aliphatic carboxylic acids is 1. The Morgan fingerprint density at radius 3 is 2.84 bits per heavy atom. The van der Waals surface area contributed by atoms with Crippen LogP contribution in [-0.4, -0.2) is 23.7 Å². The van der Waals surface area contributed by atoms with Gasteiger partial charge < -0.3 is 10.0 Å². The summed E-state index contributed by atoms with van der Waals surface area (Å²) in [7, 11) is 0. The molecular formula is C15H16ClNO2. The number of hydrogen-bond acceptors (Lipinski definition) is 2. The number of carboxylic acid groups (broad SMARTS) is 1. The number of anilines is 1. The normalized spacial score (nSPS) is 14.6. The van der Waals surface area contributed by atoms with Crippen molar-refractivity contribution in [3.8, 4) is 0 Å². The molecule has 0 atom stereocenters. The minimum atomic E-state index is -0.965. The Kier molecular flexibility index (Phi) is 4.27. The largest absolute Gasteiger partial charge is 0.478 e. The summed E-state index contributed by atoms with van der Waals surface area (Å²) >= 11 is 6.29. The van der Waals surface area contributed by atoms with Gasteiger partial charge in [0.1, 0.15) is 0 Å². The van der Waals surface area contributed by atoms with Crippen LogP contribution in [0.1, 0.15) is 18.4 Å². The molecule has 0 unspecified atom stereocenters. The summed E-state index contributed by atoms with van der Waals surface area (Å²) in [5.41, 5.74) is 1.72. The number of carbonyl (C=O) groups is 1. The van der Waals surface area contributed by atoms with E-state index in [9.17, 15) is 4.79 Å². The summed E-state index contributed by atoms with van der Waals surface area (Å²) < 4.78 is 0. The van der Waals surface area contributed by atoms with Gasteiger partial charge in [-0.25, -0.2) is 4.79 Å². The number of hydrogen-bond donors (Lipinski definition) is 1. The van der Waals surface area contributed by atoms with E-state index in [2.05, 4.69) is 11.5 Å². The van der Waals surface area contributed by atoms with Crippen molar-refractivity contribution < 1.29 is 9.90 Å². The average Bonchev–Trinajstić information content (AvgIpc) is 3.18. The highest BCUT2D eigenvalue weighted by Gasteiger charge is 2.30. The molecule has 0 amide bonds. The molecule has 1 N–H and O–H groups in total. The van der Waals surface area contributed by atoms with E-state index in [4.69, 9.17) is 16.7 Å². The van der Waals surface area contributed by atoms with E-state index in [1.165, 1.54) is 0 Å². The first-order valence-corrected chi connectivity index (χ1v) is 6.58. The van der Waals surface area contributed by atoms with Gasteiger partial charge in [-0.1, -0.05) is 29.8 Å². The summed E-state index contributed by atoms with van der Waals surface area (Å²) in [5.74, 6) is -0.965. The smallest absolute Gasteiger partial charge is 0.328 e. The minimum Gasteiger partial charge on any atom is -0.478 e. The third kappa shape index (κ3) is 3.38. The summed E-state index contributed by atoms with van der Waals surface area (Å²) in [5, 5.41) is 9.39. The van der Waals surface area contributed by atoms with E-state index in [1.54, 1.807) is 6.08 Å². The lowest BCUT2D eigenvalue weighted by atomic mass is 10.1. The fourth-order valence-electron chi connectivity index (χ4n) is 2.08. The van der Waals surface area contributed by atoms with Gasteiger partial charge in [-0.2, -0.15) is 0 Å². The predicted molar refractivity (Wildman–Crippen MR) is 78.7 cm³/mol. The first kappa shape index (κ1) is 13.7. The maximum Gasteiger partial charge on any atom is 0.328 e. The third-order valence-electron chi connectivity index (χ3n) is 3.02. The van der Waals surface area contributed by atoms with Gasteiger partial charge in [-0.05, 0) is 30.5 Å². The zero-order valence-corrected chi connectivity index (χ0v) is 11.3. The van der Waals surface area contributed by atoms with Crippen molar-refractivity contribution in [1.82, 2.24) is 0 Å². The maximum atomic E-state index is 10.7. The second kappa shape index (κ2) is 5.93. The van der Waals surface area contributed by atoms with Gasteiger partial charge in [-0.3, -0.25) is 0 Å². The Bertz CT molecular complexity index is 521.